The summed E-state index contributed by atoms with van der Waals surface area (Å²) in [6, 6.07) is 0. The van der Waals surface area contributed by atoms with Crippen LogP contribution in [-0.2, 0) is 4.79 Å². The van der Waals surface area contributed by atoms with Crippen molar-refractivity contribution in [1.29, 1.82) is 0 Å². The number of carbonyl (C=O) groups is 1. The molecule has 0 amide bonds. The second-order valence-electron chi connectivity index (χ2n) is 2.61. The normalized spacial score (nSPS) is 11.0. The first-order valence-corrected chi connectivity index (χ1v) is 4.60. The molecule has 0 aliphatic carbocycles. The molecule has 0 spiro atoms. The molecule has 1 N–H and O–H groups in total. The molecule has 0 aromatic rings. The minimum atomic E-state index is -1.44. The van der Waals surface area contributed by atoms with Crippen LogP contribution < -0.4 is 34.7 Å². The molecule has 4 nitrogen and oxygen atoms in total. The van der Waals surface area contributed by atoms with E-state index in [1.165, 1.54) is 19.6 Å². The first-order chi connectivity index (χ1) is 5.99. The average molecular weight is 213 g/mol. The summed E-state index contributed by atoms with van der Waals surface area (Å²) in [5.41, 5.74) is 0. The van der Waals surface area contributed by atoms with Gasteiger partial charge in [-0.25, -0.2) is 0 Å². The summed E-state index contributed by atoms with van der Waals surface area (Å²) in [5, 5.41) is 17.3. The molecule has 1 atom stereocenters. The number of aliphatic carboxylic acids is 1. The van der Waals surface area contributed by atoms with Gasteiger partial charge in [0.25, 0.3) is 0 Å². The topological polar surface area (TPSA) is 63.6 Å². The van der Waals surface area contributed by atoms with Crippen molar-refractivity contribution in [1.82, 2.24) is 4.90 Å². The predicted octanol–water partition coefficient (Wildman–Crippen LogP) is -3.53. The molecule has 0 aliphatic rings. The van der Waals surface area contributed by atoms with Gasteiger partial charge < -0.3 is 19.9 Å². The van der Waals surface area contributed by atoms with Crippen molar-refractivity contribution in [2.24, 2.45) is 0 Å². The van der Waals surface area contributed by atoms with Crippen LogP contribution in [0, 0.1) is 0 Å². The van der Waals surface area contributed by atoms with Gasteiger partial charge in [0.2, 0.25) is 0 Å². The van der Waals surface area contributed by atoms with Crippen LogP contribution in [0.2, 0.25) is 0 Å². The molecule has 0 rings (SSSR count). The number of carbonyl (C=O) groups excluding carboxylic acids is 1. The Morgan fingerprint density at radius 3 is 1.50 bits per heavy atom. The molecule has 0 heterocycles. The van der Waals surface area contributed by atoms with Crippen molar-refractivity contribution in [2.45, 2.75) is 33.8 Å². The molecule has 0 bridgehead atoms. The molecule has 0 saturated heterocycles. The van der Waals surface area contributed by atoms with Crippen LogP contribution in [0.25, 0.3) is 0 Å². The van der Waals surface area contributed by atoms with Gasteiger partial charge in [-0.3, -0.25) is 0 Å². The second kappa shape index (κ2) is 13.4. The van der Waals surface area contributed by atoms with E-state index in [2.05, 4.69) is 25.7 Å². The van der Waals surface area contributed by atoms with Crippen LogP contribution in [0.5, 0.6) is 0 Å². The fourth-order valence-corrected chi connectivity index (χ4v) is 0.671. The smallest absolute Gasteiger partial charge is 0.547 e. The van der Waals surface area contributed by atoms with Crippen LogP contribution in [0.4, 0.5) is 0 Å². The van der Waals surface area contributed by atoms with Gasteiger partial charge in [0, 0.05) is 0 Å². The number of hydrogen-bond donors (Lipinski definition) is 1. The number of aliphatic hydroxyl groups is 1. The maximum atomic E-state index is 9.34. The minimum absolute atomic E-state index is 0. The molecule has 0 aromatic carbocycles. The number of carboxylic acid groups (broad SMARTS) is 1. The van der Waals surface area contributed by atoms with Crippen molar-refractivity contribution in [3.05, 3.63) is 0 Å². The molecule has 5 heteroatoms. The van der Waals surface area contributed by atoms with Crippen LogP contribution in [0.15, 0.2) is 0 Å². The largest absolute Gasteiger partial charge is 1.00 e. The number of carboxylic acids is 1. The van der Waals surface area contributed by atoms with E-state index in [-0.39, 0.29) is 29.6 Å². The van der Waals surface area contributed by atoms with Gasteiger partial charge in [0.1, 0.15) is 0 Å². The Labute approximate surface area is 109 Å². The molecular formula is C9H20NNaO3. The number of hydrogen-bond acceptors (Lipinski definition) is 4. The molecular weight excluding hydrogens is 193 g/mol. The summed E-state index contributed by atoms with van der Waals surface area (Å²) in [6.07, 6.45) is -1.34. The quantitative estimate of drug-likeness (QED) is 0.492. The first kappa shape index (κ1) is 19.9. The zero-order valence-corrected chi connectivity index (χ0v) is 11.9. The zero-order valence-electron chi connectivity index (χ0n) is 9.91. The Bertz CT molecular complexity index is 122. The van der Waals surface area contributed by atoms with Crippen LogP contribution >= 0.6 is 0 Å². The Kier molecular flexibility index (Phi) is 19.0. The molecule has 14 heavy (non-hydrogen) atoms. The number of aliphatic hydroxyl groups excluding tert-OH is 1. The molecule has 0 fully saturated rings. The number of nitrogens with zero attached hydrogens (tertiary/aromatic N) is 1. The Morgan fingerprint density at radius 1 is 1.29 bits per heavy atom. The van der Waals surface area contributed by atoms with E-state index in [1.807, 2.05) is 0 Å². The van der Waals surface area contributed by atoms with Crippen LogP contribution in [0.1, 0.15) is 27.7 Å². The van der Waals surface area contributed by atoms with Crippen molar-refractivity contribution >= 4 is 5.97 Å². The number of rotatable bonds is 4. The molecule has 0 aliphatic heterocycles. The maximum absolute atomic E-state index is 9.34. The Balaban J connectivity index is -0.000000163. The van der Waals surface area contributed by atoms with E-state index in [0.29, 0.717) is 0 Å². The maximum Gasteiger partial charge on any atom is 1.00 e. The zero-order chi connectivity index (χ0) is 10.9. The summed E-state index contributed by atoms with van der Waals surface area (Å²) in [5.74, 6) is -1.44. The third-order valence-electron chi connectivity index (χ3n) is 1.68. The van der Waals surface area contributed by atoms with Crippen molar-refractivity contribution < 1.29 is 44.6 Å². The summed E-state index contributed by atoms with van der Waals surface area (Å²) < 4.78 is 0. The van der Waals surface area contributed by atoms with E-state index >= 15 is 0 Å². The van der Waals surface area contributed by atoms with Crippen molar-refractivity contribution in [3.8, 4) is 0 Å². The molecule has 0 saturated carbocycles. The molecule has 80 valence electrons. The van der Waals surface area contributed by atoms with Crippen molar-refractivity contribution in [2.75, 3.05) is 19.6 Å². The fourth-order valence-electron chi connectivity index (χ4n) is 0.671. The molecule has 1 unspecified atom stereocenters. The van der Waals surface area contributed by atoms with Gasteiger partial charge in [-0.2, -0.15) is 0 Å². The van der Waals surface area contributed by atoms with Gasteiger partial charge in [0.05, 0.1) is 12.1 Å². The second-order valence-corrected chi connectivity index (χ2v) is 2.61. The first-order valence-electron chi connectivity index (χ1n) is 4.60. The van der Waals surface area contributed by atoms with Crippen LogP contribution in [0.3, 0.4) is 0 Å². The fraction of sp³-hybridized carbons (Fsp3) is 0.889. The molecule has 0 aromatic heterocycles. The van der Waals surface area contributed by atoms with E-state index in [9.17, 15) is 9.90 Å². The van der Waals surface area contributed by atoms with E-state index in [0.717, 1.165) is 6.92 Å². The van der Waals surface area contributed by atoms with Gasteiger partial charge >= 0.3 is 29.6 Å². The summed E-state index contributed by atoms with van der Waals surface area (Å²) in [4.78, 5) is 11.7. The standard InChI is InChI=1S/C6H15N.C3H6O3.Na/c1-4-7(5-2)6-3;1-2(4)3(5)6;/h4-6H2,1-3H3;2,4H,1H3,(H,5,6);/q;;+1/p-1. The predicted molar refractivity (Wildman–Crippen MR) is 50.1 cm³/mol. The van der Waals surface area contributed by atoms with Crippen molar-refractivity contribution in [3.63, 3.8) is 0 Å². The summed E-state index contributed by atoms with van der Waals surface area (Å²) in [7, 11) is 0. The Hall–Kier alpha value is 0.390. The third-order valence-corrected chi connectivity index (χ3v) is 1.68. The molecule has 0 radical (unpaired) electrons. The van der Waals surface area contributed by atoms with Gasteiger partial charge in [0.15, 0.2) is 0 Å². The minimum Gasteiger partial charge on any atom is -0.547 e. The van der Waals surface area contributed by atoms with Crippen LogP contribution in [-0.4, -0.2) is 41.7 Å². The van der Waals surface area contributed by atoms with E-state index < -0.39 is 12.1 Å². The summed E-state index contributed by atoms with van der Waals surface area (Å²) in [6.45, 7) is 11.3. The SMILES string of the molecule is CC(O)C(=O)[O-].CCN(CC)CC.[Na+]. The monoisotopic (exact) mass is 213 g/mol. The average Bonchev–Trinajstić information content (AvgIpc) is 2.08. The van der Waals surface area contributed by atoms with E-state index in [4.69, 9.17) is 5.11 Å². The summed E-state index contributed by atoms with van der Waals surface area (Å²) >= 11 is 0. The van der Waals surface area contributed by atoms with Gasteiger partial charge in [-0.05, 0) is 26.6 Å². The van der Waals surface area contributed by atoms with Gasteiger partial charge in [-0.1, -0.05) is 20.8 Å². The van der Waals surface area contributed by atoms with Gasteiger partial charge in [-0.15, -0.1) is 0 Å². The third kappa shape index (κ3) is 14.9. The van der Waals surface area contributed by atoms with E-state index in [1.54, 1.807) is 0 Å². The Morgan fingerprint density at radius 2 is 1.50 bits per heavy atom.